The van der Waals surface area contributed by atoms with Gasteiger partial charge in [0, 0.05) is 48.7 Å². The molecule has 1 fully saturated rings. The van der Waals surface area contributed by atoms with Crippen molar-refractivity contribution in [3.63, 3.8) is 0 Å². The zero-order chi connectivity index (χ0) is 20.2. The van der Waals surface area contributed by atoms with Crippen molar-refractivity contribution in [2.75, 3.05) is 7.05 Å². The van der Waals surface area contributed by atoms with Crippen molar-refractivity contribution in [2.45, 2.75) is 25.4 Å². The van der Waals surface area contributed by atoms with Gasteiger partial charge in [0.25, 0.3) is 11.8 Å². The van der Waals surface area contributed by atoms with E-state index in [0.717, 1.165) is 11.3 Å². The van der Waals surface area contributed by atoms with E-state index in [9.17, 15) is 9.18 Å². The lowest BCUT2D eigenvalue weighted by atomic mass is 10.2. The van der Waals surface area contributed by atoms with Crippen molar-refractivity contribution < 1.29 is 18.7 Å². The third kappa shape index (κ3) is 4.66. The lowest BCUT2D eigenvalue weighted by molar-refractivity contribution is 0.0958. The Labute approximate surface area is 166 Å². The van der Waals surface area contributed by atoms with Crippen LogP contribution in [-0.2, 0) is 6.61 Å². The number of hydrogen-bond donors (Lipinski definition) is 1. The first-order valence-corrected chi connectivity index (χ1v) is 9.21. The molecule has 4 rings (SSSR count). The molecule has 1 N–H and O–H groups in total. The largest absolute Gasteiger partial charge is 0.471 e. The summed E-state index contributed by atoms with van der Waals surface area (Å²) in [5.41, 5.74) is 2.13. The third-order valence-corrected chi connectivity index (χ3v) is 4.43. The van der Waals surface area contributed by atoms with Gasteiger partial charge in [0.15, 0.2) is 5.82 Å². The number of nitrogens with zero attached hydrogens (tertiary/aromatic N) is 3. The molecular formula is C21H19FN4O3. The quantitative estimate of drug-likeness (QED) is 0.659. The number of aromatic nitrogens is 3. The molecule has 7 nitrogen and oxygen atoms in total. The zero-order valence-corrected chi connectivity index (χ0v) is 15.8. The van der Waals surface area contributed by atoms with E-state index >= 15 is 0 Å². The van der Waals surface area contributed by atoms with E-state index in [2.05, 4.69) is 20.3 Å². The van der Waals surface area contributed by atoms with E-state index in [-0.39, 0.29) is 29.8 Å². The summed E-state index contributed by atoms with van der Waals surface area (Å²) >= 11 is 0. The molecule has 1 aliphatic carbocycles. The molecule has 1 saturated carbocycles. The molecule has 0 aliphatic heterocycles. The molecule has 3 aromatic rings. The molecule has 0 bridgehead atoms. The minimum absolute atomic E-state index is 0.121. The maximum atomic E-state index is 14.3. The molecule has 0 aromatic carbocycles. The molecule has 8 heteroatoms. The molecule has 0 unspecified atom stereocenters. The number of carbonyl (C=O) groups excluding carboxylic acids is 1. The molecule has 0 atom stereocenters. The SMILES string of the molecule is CNC(=O)c1cc(Oc2cnc(OCc3ccc(C4CC4)nc3)c(F)c2)ccn1. The van der Waals surface area contributed by atoms with Crippen molar-refractivity contribution in [1.82, 2.24) is 20.3 Å². The van der Waals surface area contributed by atoms with E-state index < -0.39 is 5.82 Å². The van der Waals surface area contributed by atoms with Crippen LogP contribution in [0.3, 0.4) is 0 Å². The maximum absolute atomic E-state index is 14.3. The normalized spacial score (nSPS) is 13.0. The Morgan fingerprint density at radius 3 is 2.69 bits per heavy atom. The van der Waals surface area contributed by atoms with E-state index in [1.54, 1.807) is 12.3 Å². The highest BCUT2D eigenvalue weighted by molar-refractivity contribution is 5.92. The molecule has 1 amide bonds. The van der Waals surface area contributed by atoms with Gasteiger partial charge in [0.2, 0.25) is 0 Å². The first-order valence-electron chi connectivity index (χ1n) is 9.21. The van der Waals surface area contributed by atoms with Crippen LogP contribution in [0.25, 0.3) is 0 Å². The van der Waals surface area contributed by atoms with Crippen LogP contribution in [0.4, 0.5) is 4.39 Å². The van der Waals surface area contributed by atoms with Gasteiger partial charge in [0.1, 0.15) is 23.8 Å². The number of halogens is 1. The summed E-state index contributed by atoms with van der Waals surface area (Å²) in [6.07, 6.45) is 6.92. The molecule has 0 spiro atoms. The second kappa shape index (κ2) is 8.22. The van der Waals surface area contributed by atoms with Crippen LogP contribution in [0.15, 0.2) is 48.9 Å². The van der Waals surface area contributed by atoms with Gasteiger partial charge in [-0.25, -0.2) is 9.37 Å². The molecule has 29 heavy (non-hydrogen) atoms. The Morgan fingerprint density at radius 2 is 2.00 bits per heavy atom. The number of carbonyl (C=O) groups is 1. The highest BCUT2D eigenvalue weighted by Crippen LogP contribution is 2.38. The molecule has 3 aromatic heterocycles. The van der Waals surface area contributed by atoms with Crippen molar-refractivity contribution >= 4 is 5.91 Å². The number of amides is 1. The Hall–Kier alpha value is -3.55. The van der Waals surface area contributed by atoms with Crippen LogP contribution >= 0.6 is 0 Å². The van der Waals surface area contributed by atoms with Crippen LogP contribution in [0.5, 0.6) is 17.4 Å². The van der Waals surface area contributed by atoms with Gasteiger partial charge in [0.05, 0.1) is 6.20 Å². The molecule has 1 aliphatic rings. The van der Waals surface area contributed by atoms with Crippen molar-refractivity contribution in [2.24, 2.45) is 0 Å². The van der Waals surface area contributed by atoms with Gasteiger partial charge in [-0.2, -0.15) is 0 Å². The standard InChI is InChI=1S/C21H19FN4O3/c1-23-20(27)19-9-15(6-7-24-19)29-16-8-17(22)21(26-11-16)28-12-13-2-5-18(25-10-13)14-3-4-14/h2,5-11,14H,3-4,12H2,1H3,(H,23,27). The average molecular weight is 394 g/mol. The van der Waals surface area contributed by atoms with Crippen LogP contribution in [0.2, 0.25) is 0 Å². The highest BCUT2D eigenvalue weighted by atomic mass is 19.1. The van der Waals surface area contributed by atoms with Crippen LogP contribution in [-0.4, -0.2) is 27.9 Å². The monoisotopic (exact) mass is 394 g/mol. The first-order chi connectivity index (χ1) is 14.1. The summed E-state index contributed by atoms with van der Waals surface area (Å²) in [4.78, 5) is 24.0. The fourth-order valence-corrected chi connectivity index (χ4v) is 2.73. The van der Waals surface area contributed by atoms with Gasteiger partial charge < -0.3 is 14.8 Å². The second-order valence-corrected chi connectivity index (χ2v) is 6.67. The summed E-state index contributed by atoms with van der Waals surface area (Å²) in [6.45, 7) is 0.169. The second-order valence-electron chi connectivity index (χ2n) is 6.67. The van der Waals surface area contributed by atoms with Gasteiger partial charge in [-0.3, -0.25) is 14.8 Å². The summed E-state index contributed by atoms with van der Waals surface area (Å²) in [6, 6.07) is 8.12. The minimum atomic E-state index is -0.648. The Bertz CT molecular complexity index is 1020. The predicted molar refractivity (Wildman–Crippen MR) is 102 cm³/mol. The van der Waals surface area contributed by atoms with E-state index in [4.69, 9.17) is 9.47 Å². The fourth-order valence-electron chi connectivity index (χ4n) is 2.73. The van der Waals surface area contributed by atoms with Gasteiger partial charge in [-0.1, -0.05) is 6.07 Å². The Kier molecular flexibility index (Phi) is 5.33. The molecule has 3 heterocycles. The Morgan fingerprint density at radius 1 is 1.14 bits per heavy atom. The maximum Gasteiger partial charge on any atom is 0.269 e. The van der Waals surface area contributed by atoms with Crippen molar-refractivity contribution in [3.05, 3.63) is 71.7 Å². The van der Waals surface area contributed by atoms with Gasteiger partial charge in [-0.05, 0) is 25.0 Å². The van der Waals surface area contributed by atoms with Crippen LogP contribution in [0.1, 0.15) is 40.5 Å². The van der Waals surface area contributed by atoms with E-state index in [1.165, 1.54) is 44.4 Å². The van der Waals surface area contributed by atoms with Gasteiger partial charge in [-0.15, -0.1) is 0 Å². The third-order valence-electron chi connectivity index (χ3n) is 4.43. The lowest BCUT2D eigenvalue weighted by Gasteiger charge is -2.09. The number of nitrogens with one attached hydrogen (secondary N) is 1. The zero-order valence-electron chi connectivity index (χ0n) is 15.8. The molecule has 0 radical (unpaired) electrons. The number of rotatable bonds is 7. The summed E-state index contributed by atoms with van der Waals surface area (Å²) in [5, 5.41) is 2.48. The number of ether oxygens (including phenoxy) is 2. The Balaban J connectivity index is 1.39. The summed E-state index contributed by atoms with van der Waals surface area (Å²) in [5.74, 6) is -0.00250. The first kappa shape index (κ1) is 18.8. The number of hydrogen-bond acceptors (Lipinski definition) is 6. The average Bonchev–Trinajstić information content (AvgIpc) is 3.59. The predicted octanol–water partition coefficient (Wildman–Crippen LogP) is 3.62. The molecular weight excluding hydrogens is 375 g/mol. The number of pyridine rings is 3. The highest BCUT2D eigenvalue weighted by Gasteiger charge is 2.24. The fraction of sp³-hybridized carbons (Fsp3) is 0.238. The van der Waals surface area contributed by atoms with E-state index in [1.807, 2.05) is 12.1 Å². The van der Waals surface area contributed by atoms with Crippen molar-refractivity contribution in [1.29, 1.82) is 0 Å². The van der Waals surface area contributed by atoms with Crippen LogP contribution < -0.4 is 14.8 Å². The van der Waals surface area contributed by atoms with E-state index in [0.29, 0.717) is 11.7 Å². The summed E-state index contributed by atoms with van der Waals surface area (Å²) < 4.78 is 25.4. The summed E-state index contributed by atoms with van der Waals surface area (Å²) in [7, 11) is 1.51. The minimum Gasteiger partial charge on any atom is -0.471 e. The molecule has 148 valence electrons. The smallest absolute Gasteiger partial charge is 0.269 e. The molecule has 0 saturated heterocycles. The topological polar surface area (TPSA) is 86.2 Å². The van der Waals surface area contributed by atoms with Crippen LogP contribution in [0, 0.1) is 5.82 Å². The lowest BCUT2D eigenvalue weighted by Crippen LogP contribution is -2.18. The van der Waals surface area contributed by atoms with Gasteiger partial charge >= 0.3 is 0 Å². The van der Waals surface area contributed by atoms with Crippen molar-refractivity contribution in [3.8, 4) is 17.4 Å².